The van der Waals surface area contributed by atoms with Crippen molar-refractivity contribution in [2.75, 3.05) is 6.61 Å². The molecule has 2 bridgehead atoms. The number of esters is 2. The molecular weight excluding hydrogens is 632 g/mol. The van der Waals surface area contributed by atoms with Gasteiger partial charge in [0, 0.05) is 42.4 Å². The third-order valence-electron chi connectivity index (χ3n) is 16.4. The van der Waals surface area contributed by atoms with E-state index in [2.05, 4.69) is 59.7 Å². The van der Waals surface area contributed by atoms with Gasteiger partial charge in [-0.2, -0.15) is 0 Å². The summed E-state index contributed by atoms with van der Waals surface area (Å²) in [7, 11) is 0. The summed E-state index contributed by atoms with van der Waals surface area (Å²) >= 11 is 0. The molecule has 5 saturated carbocycles. The molecule has 8 nitrogen and oxygen atoms in total. The average Bonchev–Trinajstić information content (AvgIpc) is 3.48. The predicted octanol–water partition coefficient (Wildman–Crippen LogP) is 7.62. The highest BCUT2D eigenvalue weighted by Crippen LogP contribution is 2.90. The third-order valence-corrected chi connectivity index (χ3v) is 16.4. The van der Waals surface area contributed by atoms with Crippen LogP contribution in [0.3, 0.4) is 0 Å². The molecule has 0 radical (unpaired) electrons. The van der Waals surface area contributed by atoms with Gasteiger partial charge < -0.3 is 28.8 Å². The van der Waals surface area contributed by atoms with E-state index < -0.39 is 40.0 Å². The molecule has 276 valence electrons. The topological polar surface area (TPSA) is 101 Å². The van der Waals surface area contributed by atoms with Crippen molar-refractivity contribution in [2.24, 2.45) is 44.8 Å². The molecule has 8 rings (SSSR count). The van der Waals surface area contributed by atoms with Gasteiger partial charge >= 0.3 is 11.9 Å². The largest absolute Gasteiger partial charge is 0.490 e. The highest BCUT2D eigenvalue weighted by molar-refractivity contribution is 5.68. The van der Waals surface area contributed by atoms with Crippen LogP contribution < -0.4 is 4.74 Å². The molecule has 1 aromatic carbocycles. The van der Waals surface area contributed by atoms with Crippen molar-refractivity contribution in [1.29, 1.82) is 0 Å². The summed E-state index contributed by atoms with van der Waals surface area (Å²) < 4.78 is 33.6. The lowest BCUT2D eigenvalue weighted by molar-refractivity contribution is -0.316. The summed E-state index contributed by atoms with van der Waals surface area (Å²) in [6.07, 6.45) is 7.39. The Kier molecular flexibility index (Phi) is 7.33. The van der Waals surface area contributed by atoms with E-state index in [4.69, 9.17) is 23.7 Å². The molecular formula is C42H60O8. The van der Waals surface area contributed by atoms with E-state index in [1.165, 1.54) is 31.4 Å². The van der Waals surface area contributed by atoms with Crippen LogP contribution in [0, 0.1) is 58.7 Å². The second-order valence-corrected chi connectivity index (χ2v) is 19.5. The summed E-state index contributed by atoms with van der Waals surface area (Å²) in [4.78, 5) is 26.0. The van der Waals surface area contributed by atoms with Crippen molar-refractivity contribution in [3.8, 4) is 5.75 Å². The molecule has 0 aromatic heterocycles. The lowest BCUT2D eigenvalue weighted by Gasteiger charge is -2.64. The van der Waals surface area contributed by atoms with Crippen LogP contribution in [-0.2, 0) is 28.5 Å². The highest BCUT2D eigenvalue weighted by Gasteiger charge is 2.88. The molecule has 7 aliphatic rings. The Hall–Kier alpha value is -2.16. The molecule has 5 aliphatic carbocycles. The Morgan fingerprint density at radius 2 is 1.44 bits per heavy atom. The van der Waals surface area contributed by atoms with Gasteiger partial charge in [0.25, 0.3) is 0 Å². The maximum absolute atomic E-state index is 13.1. The fourth-order valence-corrected chi connectivity index (χ4v) is 14.6. The fraction of sp³-hybridized carbons (Fsp3) is 0.810. The minimum atomic E-state index is -1.24. The number of aryl methyl sites for hydroxylation is 2. The van der Waals surface area contributed by atoms with E-state index in [1.54, 1.807) is 13.8 Å². The number of hydrogen-bond acceptors (Lipinski definition) is 8. The molecule has 8 heteroatoms. The van der Waals surface area contributed by atoms with Gasteiger partial charge in [-0.3, -0.25) is 9.59 Å². The summed E-state index contributed by atoms with van der Waals surface area (Å²) in [5.41, 5.74) is -0.270. The van der Waals surface area contributed by atoms with E-state index in [0.717, 1.165) is 44.3 Å². The van der Waals surface area contributed by atoms with Crippen molar-refractivity contribution < 1.29 is 38.4 Å². The first-order valence-corrected chi connectivity index (χ1v) is 19.4. The summed E-state index contributed by atoms with van der Waals surface area (Å²) in [5, 5.41) is 11.5. The van der Waals surface area contributed by atoms with Gasteiger partial charge in [0.1, 0.15) is 29.7 Å². The first kappa shape index (κ1) is 34.9. The number of carbonyl (C=O) groups is 2. The lowest BCUT2D eigenvalue weighted by Crippen LogP contribution is -2.63. The second-order valence-electron chi connectivity index (χ2n) is 19.5. The van der Waals surface area contributed by atoms with Crippen LogP contribution in [0.2, 0.25) is 0 Å². The van der Waals surface area contributed by atoms with Crippen LogP contribution in [0.5, 0.6) is 5.75 Å². The van der Waals surface area contributed by atoms with Crippen LogP contribution in [0.4, 0.5) is 0 Å². The third kappa shape index (κ3) is 4.27. The summed E-state index contributed by atoms with van der Waals surface area (Å²) in [6.45, 7) is 20.5. The van der Waals surface area contributed by atoms with Gasteiger partial charge in [-0.05, 0) is 132 Å². The number of hydrogen-bond donors (Lipinski definition) is 1. The second kappa shape index (κ2) is 10.5. The normalized spacial score (nSPS) is 48.1. The van der Waals surface area contributed by atoms with Gasteiger partial charge in [0.05, 0.1) is 12.2 Å². The van der Waals surface area contributed by atoms with Crippen LogP contribution in [0.15, 0.2) is 18.2 Å². The molecule has 12 atom stereocenters. The quantitative estimate of drug-likeness (QED) is 0.315. The first-order valence-electron chi connectivity index (χ1n) is 19.4. The number of aliphatic hydroxyl groups is 1. The SMILES string of the molecule is CC(=O)OC1C(OC(C)=O)[C@@]2(C)C3CCC4C(C)(C)C(Oc5cc(C)cc(C)c5)CC[C@@]45C[C@@]35CC[C@@]23CO[C@@]2(C(C)(C)O)CCC(C)(O2)[C@@H]13. The van der Waals surface area contributed by atoms with Crippen molar-refractivity contribution in [1.82, 2.24) is 0 Å². The molecule has 3 spiro atoms. The zero-order valence-corrected chi connectivity index (χ0v) is 32.1. The Balaban J connectivity index is 1.20. The van der Waals surface area contributed by atoms with E-state index in [0.29, 0.717) is 25.4 Å². The zero-order chi connectivity index (χ0) is 36.1. The fourth-order valence-electron chi connectivity index (χ4n) is 14.6. The first-order chi connectivity index (χ1) is 23.2. The molecule has 50 heavy (non-hydrogen) atoms. The molecule has 2 heterocycles. The van der Waals surface area contributed by atoms with E-state index >= 15 is 0 Å². The smallest absolute Gasteiger partial charge is 0.303 e. The van der Waals surface area contributed by atoms with Crippen molar-refractivity contribution >= 4 is 11.9 Å². The highest BCUT2D eigenvalue weighted by atomic mass is 16.7. The molecule has 1 N–H and O–H groups in total. The van der Waals surface area contributed by atoms with Crippen molar-refractivity contribution in [3.05, 3.63) is 29.3 Å². The number of rotatable bonds is 5. The molecule has 7 fully saturated rings. The maximum Gasteiger partial charge on any atom is 0.303 e. The molecule has 6 unspecified atom stereocenters. The average molecular weight is 693 g/mol. The van der Waals surface area contributed by atoms with Crippen molar-refractivity contribution in [3.63, 3.8) is 0 Å². The van der Waals surface area contributed by atoms with Gasteiger partial charge in [-0.15, -0.1) is 0 Å². The Morgan fingerprint density at radius 3 is 2.08 bits per heavy atom. The van der Waals surface area contributed by atoms with Gasteiger partial charge in [0.15, 0.2) is 5.79 Å². The Bertz CT molecular complexity index is 1590. The maximum atomic E-state index is 13.1. The summed E-state index contributed by atoms with van der Waals surface area (Å²) in [5.74, 6) is -0.412. The number of ether oxygens (including phenoxy) is 5. The van der Waals surface area contributed by atoms with Gasteiger partial charge in [-0.25, -0.2) is 0 Å². The predicted molar refractivity (Wildman–Crippen MR) is 187 cm³/mol. The number of benzene rings is 1. The number of carbonyl (C=O) groups excluding carboxylic acids is 2. The molecule has 2 saturated heterocycles. The molecule has 1 aromatic rings. The molecule has 0 amide bonds. The van der Waals surface area contributed by atoms with Gasteiger partial charge in [-0.1, -0.05) is 26.8 Å². The van der Waals surface area contributed by atoms with E-state index in [1.807, 2.05) is 0 Å². The van der Waals surface area contributed by atoms with E-state index in [-0.39, 0.29) is 46.1 Å². The monoisotopic (exact) mass is 692 g/mol. The number of fused-ring (bicyclic) bond motifs is 4. The van der Waals surface area contributed by atoms with Crippen molar-refractivity contribution in [2.45, 2.75) is 162 Å². The minimum absolute atomic E-state index is 0.0147. The Labute approximate surface area is 298 Å². The summed E-state index contributed by atoms with van der Waals surface area (Å²) in [6, 6.07) is 6.54. The van der Waals surface area contributed by atoms with Crippen LogP contribution >= 0.6 is 0 Å². The minimum Gasteiger partial charge on any atom is -0.490 e. The lowest BCUT2D eigenvalue weighted by atomic mass is 9.41. The zero-order valence-electron chi connectivity index (χ0n) is 32.1. The van der Waals surface area contributed by atoms with E-state index in [9.17, 15) is 14.7 Å². The standard InChI is InChI=1S/C42H60O8/c1-24-19-25(2)21-28(20-24)49-31-13-14-39-22-40(39)16-17-41-23-46-42(36(7,8)45)18-15-37(9,50-42)33(41)32(47-26(3)43)34(48-27(4)44)38(41,10)30(40)12-11-29(39)35(31,5)6/h19-21,29-34,45H,11-18,22-23H2,1-10H3/t29?,30?,31?,32?,33-,34?,37?,38-,39-,40+,41+,42+/m1/s1. The van der Waals surface area contributed by atoms with Crippen LogP contribution in [0.1, 0.15) is 124 Å². The van der Waals surface area contributed by atoms with Crippen LogP contribution in [0.25, 0.3) is 0 Å². The Morgan fingerprint density at radius 1 is 0.820 bits per heavy atom. The van der Waals surface area contributed by atoms with Gasteiger partial charge in [0.2, 0.25) is 0 Å². The van der Waals surface area contributed by atoms with Crippen LogP contribution in [-0.4, -0.2) is 59.0 Å². The molecule has 2 aliphatic heterocycles.